The number of carbonyl (C=O) groups is 1. The van der Waals surface area contributed by atoms with Gasteiger partial charge in [0.25, 0.3) is 5.91 Å². The second kappa shape index (κ2) is 9.91. The van der Waals surface area contributed by atoms with E-state index >= 15 is 0 Å². The van der Waals surface area contributed by atoms with Crippen LogP contribution in [-0.2, 0) is 6.42 Å². The number of carbonyl (C=O) groups excluding carboxylic acids is 1. The first-order valence-electron chi connectivity index (χ1n) is 9.88. The van der Waals surface area contributed by atoms with Crippen LogP contribution >= 0.6 is 0 Å². The van der Waals surface area contributed by atoms with E-state index in [1.165, 1.54) is 6.07 Å². The van der Waals surface area contributed by atoms with Gasteiger partial charge in [0, 0.05) is 52.4 Å². The molecular weight excluding hydrogens is 369 g/mol. The van der Waals surface area contributed by atoms with Crippen LogP contribution in [0.4, 0.5) is 10.1 Å². The number of nitrogens with one attached hydrogen (secondary N) is 2. The highest BCUT2D eigenvalue weighted by Crippen LogP contribution is 2.20. The molecule has 1 fully saturated rings. The third kappa shape index (κ3) is 5.25. The van der Waals surface area contributed by atoms with Crippen LogP contribution < -0.4 is 15.5 Å². The number of para-hydroxylation sites is 1. The first kappa shape index (κ1) is 20.6. The summed E-state index contributed by atoms with van der Waals surface area (Å²) in [6.45, 7) is 3.77. The molecule has 154 valence electrons. The summed E-state index contributed by atoms with van der Waals surface area (Å²) in [5, 5.41) is 6.05. The Morgan fingerprint density at radius 3 is 2.55 bits per heavy atom. The molecule has 0 atom stereocenters. The average molecular weight is 397 g/mol. The molecule has 2 aromatic carbocycles. The Morgan fingerprint density at radius 2 is 1.86 bits per heavy atom. The lowest BCUT2D eigenvalue weighted by Gasteiger charge is -2.37. The van der Waals surface area contributed by atoms with Gasteiger partial charge in [0.2, 0.25) is 0 Å². The molecule has 0 radical (unpaired) electrons. The zero-order valence-corrected chi connectivity index (χ0v) is 17.0. The number of aliphatic imine (C=N–C) groups is 1. The number of anilines is 1. The molecular formula is C22H28FN5O. The van der Waals surface area contributed by atoms with Crippen LogP contribution in [0, 0.1) is 5.82 Å². The Bertz CT molecular complexity index is 862. The van der Waals surface area contributed by atoms with Crippen molar-refractivity contribution in [3.63, 3.8) is 0 Å². The Balaban J connectivity index is 1.50. The number of amides is 1. The summed E-state index contributed by atoms with van der Waals surface area (Å²) < 4.78 is 14.0. The van der Waals surface area contributed by atoms with E-state index in [1.54, 1.807) is 20.2 Å². The quantitative estimate of drug-likeness (QED) is 0.599. The van der Waals surface area contributed by atoms with Crippen molar-refractivity contribution in [1.29, 1.82) is 0 Å². The van der Waals surface area contributed by atoms with Gasteiger partial charge < -0.3 is 20.4 Å². The molecule has 6 nitrogen and oxygen atoms in total. The average Bonchev–Trinajstić information content (AvgIpc) is 2.77. The Hall–Kier alpha value is -3.09. The predicted octanol–water partition coefficient (Wildman–Crippen LogP) is 2.13. The van der Waals surface area contributed by atoms with Gasteiger partial charge >= 0.3 is 0 Å². The van der Waals surface area contributed by atoms with Gasteiger partial charge in [-0.05, 0) is 36.2 Å². The molecule has 29 heavy (non-hydrogen) atoms. The minimum absolute atomic E-state index is 0.0802. The summed E-state index contributed by atoms with van der Waals surface area (Å²) in [6.07, 6.45) is 0.791. The third-order valence-electron chi connectivity index (χ3n) is 5.10. The lowest BCUT2D eigenvalue weighted by atomic mass is 10.1. The van der Waals surface area contributed by atoms with E-state index in [0.29, 0.717) is 11.3 Å². The molecule has 7 heteroatoms. The van der Waals surface area contributed by atoms with Crippen LogP contribution in [0.3, 0.4) is 0 Å². The number of benzene rings is 2. The minimum Gasteiger partial charge on any atom is -0.366 e. The molecule has 1 aliphatic rings. The molecule has 0 spiro atoms. The van der Waals surface area contributed by atoms with Crippen LogP contribution in [0.15, 0.2) is 53.5 Å². The summed E-state index contributed by atoms with van der Waals surface area (Å²) in [5.74, 6) is 0.589. The van der Waals surface area contributed by atoms with Crippen molar-refractivity contribution in [3.05, 3.63) is 65.5 Å². The van der Waals surface area contributed by atoms with Gasteiger partial charge in [0.1, 0.15) is 5.82 Å². The van der Waals surface area contributed by atoms with Crippen LogP contribution in [0.2, 0.25) is 0 Å². The maximum Gasteiger partial charge on any atom is 0.251 e. The van der Waals surface area contributed by atoms with Crippen molar-refractivity contribution in [3.8, 4) is 0 Å². The number of nitrogens with zero attached hydrogens (tertiary/aromatic N) is 3. The molecule has 0 saturated carbocycles. The monoisotopic (exact) mass is 397 g/mol. The highest BCUT2D eigenvalue weighted by Gasteiger charge is 2.21. The number of guanidine groups is 1. The lowest BCUT2D eigenvalue weighted by Crippen LogP contribution is -2.53. The number of piperazine rings is 1. The van der Waals surface area contributed by atoms with E-state index in [9.17, 15) is 9.18 Å². The molecule has 3 rings (SSSR count). The molecule has 0 unspecified atom stereocenters. The molecule has 1 amide bonds. The standard InChI is InChI=1S/C22H28FN5O/c1-24-21(29)18-7-5-6-17(16-18)10-11-26-22(25-2)28-14-12-27(13-15-28)20-9-4-3-8-19(20)23/h3-9,16H,10-15H2,1-2H3,(H,24,29)(H,25,26). The van der Waals surface area contributed by atoms with Crippen LogP contribution in [0.25, 0.3) is 0 Å². The van der Waals surface area contributed by atoms with Gasteiger partial charge in [-0.2, -0.15) is 0 Å². The number of hydrogen-bond donors (Lipinski definition) is 2. The zero-order chi connectivity index (χ0) is 20.6. The summed E-state index contributed by atoms with van der Waals surface area (Å²) >= 11 is 0. The van der Waals surface area contributed by atoms with Gasteiger partial charge in [-0.1, -0.05) is 24.3 Å². The maximum absolute atomic E-state index is 14.0. The zero-order valence-electron chi connectivity index (χ0n) is 17.0. The van der Waals surface area contributed by atoms with Crippen LogP contribution in [0.5, 0.6) is 0 Å². The Morgan fingerprint density at radius 1 is 1.10 bits per heavy atom. The largest absolute Gasteiger partial charge is 0.366 e. The van der Waals surface area contributed by atoms with Crippen molar-refractivity contribution in [2.24, 2.45) is 4.99 Å². The normalized spacial score (nSPS) is 14.7. The molecule has 2 aromatic rings. The van der Waals surface area contributed by atoms with Gasteiger partial charge in [-0.15, -0.1) is 0 Å². The van der Waals surface area contributed by atoms with Crippen molar-refractivity contribution in [2.75, 3.05) is 51.7 Å². The summed E-state index contributed by atoms with van der Waals surface area (Å²) in [4.78, 5) is 20.4. The van der Waals surface area contributed by atoms with Crippen LogP contribution in [0.1, 0.15) is 15.9 Å². The molecule has 0 aliphatic carbocycles. The fourth-order valence-corrected chi connectivity index (χ4v) is 3.53. The highest BCUT2D eigenvalue weighted by molar-refractivity contribution is 5.94. The van der Waals surface area contributed by atoms with Gasteiger partial charge in [-0.25, -0.2) is 4.39 Å². The van der Waals surface area contributed by atoms with E-state index in [1.807, 2.05) is 36.4 Å². The SMILES string of the molecule is CN=C(NCCc1cccc(C(=O)NC)c1)N1CCN(c2ccccc2F)CC1. The van der Waals surface area contributed by atoms with Crippen molar-refractivity contribution < 1.29 is 9.18 Å². The smallest absolute Gasteiger partial charge is 0.251 e. The second-order valence-electron chi connectivity index (χ2n) is 6.93. The fraction of sp³-hybridized carbons (Fsp3) is 0.364. The van der Waals surface area contributed by atoms with E-state index < -0.39 is 0 Å². The van der Waals surface area contributed by atoms with Gasteiger partial charge in [-0.3, -0.25) is 9.79 Å². The summed E-state index contributed by atoms with van der Waals surface area (Å²) in [6, 6.07) is 14.5. The molecule has 0 bridgehead atoms. The predicted molar refractivity (Wildman–Crippen MR) is 115 cm³/mol. The maximum atomic E-state index is 14.0. The van der Waals surface area contributed by atoms with E-state index in [4.69, 9.17) is 0 Å². The first-order valence-corrected chi connectivity index (χ1v) is 9.88. The lowest BCUT2D eigenvalue weighted by molar-refractivity contribution is 0.0963. The van der Waals surface area contributed by atoms with Crippen LogP contribution in [-0.4, -0.2) is 63.6 Å². The van der Waals surface area contributed by atoms with Crippen molar-refractivity contribution in [2.45, 2.75) is 6.42 Å². The Labute approximate surface area is 171 Å². The Kier molecular flexibility index (Phi) is 7.05. The topological polar surface area (TPSA) is 60.0 Å². The van der Waals surface area contributed by atoms with Crippen molar-refractivity contribution in [1.82, 2.24) is 15.5 Å². The highest BCUT2D eigenvalue weighted by atomic mass is 19.1. The number of hydrogen-bond acceptors (Lipinski definition) is 3. The van der Waals surface area contributed by atoms with E-state index in [-0.39, 0.29) is 11.7 Å². The molecule has 1 heterocycles. The number of halogens is 1. The minimum atomic E-state index is -0.178. The van der Waals surface area contributed by atoms with Crippen molar-refractivity contribution >= 4 is 17.6 Å². The van der Waals surface area contributed by atoms with Gasteiger partial charge in [0.05, 0.1) is 5.69 Å². The summed E-state index contributed by atoms with van der Waals surface area (Å²) in [7, 11) is 3.41. The van der Waals surface area contributed by atoms with E-state index in [0.717, 1.165) is 50.7 Å². The molecule has 1 aliphatic heterocycles. The summed E-state index contributed by atoms with van der Waals surface area (Å²) in [5.41, 5.74) is 2.42. The van der Waals surface area contributed by atoms with E-state index in [2.05, 4.69) is 25.4 Å². The molecule has 2 N–H and O–H groups in total. The van der Waals surface area contributed by atoms with Gasteiger partial charge in [0.15, 0.2) is 5.96 Å². The number of rotatable bonds is 5. The first-order chi connectivity index (χ1) is 14.1. The molecule has 1 saturated heterocycles. The second-order valence-corrected chi connectivity index (χ2v) is 6.93. The molecule has 0 aromatic heterocycles. The third-order valence-corrected chi connectivity index (χ3v) is 5.10. The fourth-order valence-electron chi connectivity index (χ4n) is 3.53.